The van der Waals surface area contributed by atoms with E-state index in [-0.39, 0.29) is 0 Å². The van der Waals surface area contributed by atoms with Crippen molar-refractivity contribution >= 4 is 29.0 Å². The van der Waals surface area contributed by atoms with Crippen LogP contribution in [0.15, 0.2) is 60.7 Å². The molecule has 2 N–H and O–H groups in total. The van der Waals surface area contributed by atoms with Gasteiger partial charge in [0.1, 0.15) is 0 Å². The number of Topliss-reactive ketones (excluding diaryl/α,β-unsaturated/α-hetero) is 1. The highest BCUT2D eigenvalue weighted by molar-refractivity contribution is 6.18. The van der Waals surface area contributed by atoms with Crippen molar-refractivity contribution in [3.63, 3.8) is 0 Å². The maximum atomic E-state index is 14.3. The monoisotopic (exact) mass is 418 g/mol. The lowest BCUT2D eigenvalue weighted by atomic mass is 9.57. The van der Waals surface area contributed by atoms with E-state index in [9.17, 15) is 4.79 Å². The maximum Gasteiger partial charge on any atom is 0.176 e. The van der Waals surface area contributed by atoms with Crippen LogP contribution in [-0.2, 0) is 15.6 Å². The molecule has 2 aliphatic heterocycles. The third-order valence-corrected chi connectivity index (χ3v) is 7.00. The van der Waals surface area contributed by atoms with Crippen LogP contribution in [0.4, 0.5) is 0 Å². The zero-order valence-corrected chi connectivity index (χ0v) is 17.6. The minimum Gasteiger partial charge on any atom is -0.331 e. The normalized spacial score (nSPS) is 32.3. The van der Waals surface area contributed by atoms with Crippen molar-refractivity contribution in [2.75, 3.05) is 51.0 Å². The molecule has 0 unspecified atom stereocenters. The first-order valence-electron chi connectivity index (χ1n) is 10.1. The van der Waals surface area contributed by atoms with E-state index < -0.39 is 10.8 Å². The van der Waals surface area contributed by atoms with Gasteiger partial charge in [-0.3, -0.25) is 4.79 Å². The summed E-state index contributed by atoms with van der Waals surface area (Å²) in [6.45, 7) is 4.99. The van der Waals surface area contributed by atoms with E-state index >= 15 is 0 Å². The highest BCUT2D eigenvalue weighted by Gasteiger charge is 2.66. The van der Waals surface area contributed by atoms with Gasteiger partial charge in [0.15, 0.2) is 16.6 Å². The van der Waals surface area contributed by atoms with Gasteiger partial charge < -0.3 is 9.80 Å². The summed E-state index contributed by atoms with van der Waals surface area (Å²) < 4.78 is 0. The molecule has 28 heavy (non-hydrogen) atoms. The molecule has 2 aromatic rings. The van der Waals surface area contributed by atoms with E-state index in [4.69, 9.17) is 23.2 Å². The van der Waals surface area contributed by atoms with Crippen LogP contribution in [0.3, 0.4) is 0 Å². The first-order valence-corrected chi connectivity index (χ1v) is 11.2. The van der Waals surface area contributed by atoms with Crippen LogP contribution in [0, 0.1) is 0 Å². The number of hydrogen-bond donors (Lipinski definition) is 2. The molecule has 0 atom stereocenters. The van der Waals surface area contributed by atoms with Crippen LogP contribution >= 0.6 is 23.2 Å². The van der Waals surface area contributed by atoms with E-state index in [0.29, 0.717) is 17.5 Å². The second-order valence-electron chi connectivity index (χ2n) is 8.31. The number of carbonyl (C=O) groups excluding carboxylic acids is 1. The minimum absolute atomic E-state index is 0.383. The lowest BCUT2D eigenvalue weighted by Gasteiger charge is -2.53. The Labute approximate surface area is 177 Å². The second kappa shape index (κ2) is 8.16. The fourth-order valence-corrected chi connectivity index (χ4v) is 6.08. The van der Waals surface area contributed by atoms with Crippen LogP contribution in [0.25, 0.3) is 0 Å². The average Bonchev–Trinajstić information content (AvgIpc) is 2.71. The number of quaternary nitrogens is 2. The van der Waals surface area contributed by atoms with Gasteiger partial charge in [-0.05, 0) is 11.1 Å². The summed E-state index contributed by atoms with van der Waals surface area (Å²) >= 11 is 12.3. The molecule has 0 amide bonds. The number of hydrogen-bond acceptors (Lipinski definition) is 1. The molecule has 0 saturated carbocycles. The van der Waals surface area contributed by atoms with E-state index in [1.807, 2.05) is 36.4 Å². The molecule has 2 fully saturated rings. The Morgan fingerprint density at radius 1 is 0.679 bits per heavy atom. The van der Waals surface area contributed by atoms with Crippen molar-refractivity contribution in [1.82, 2.24) is 0 Å². The Kier molecular flexibility index (Phi) is 5.80. The zero-order valence-electron chi connectivity index (χ0n) is 16.1. The summed E-state index contributed by atoms with van der Waals surface area (Å²) in [7, 11) is 0. The van der Waals surface area contributed by atoms with Gasteiger partial charge in [0, 0.05) is 0 Å². The van der Waals surface area contributed by atoms with Gasteiger partial charge in [0.2, 0.25) is 0 Å². The Hall–Kier alpha value is -1.39. The molecule has 3 nitrogen and oxygen atoms in total. The van der Waals surface area contributed by atoms with Gasteiger partial charge in [0.25, 0.3) is 0 Å². The molecule has 2 aliphatic rings. The molecule has 0 aromatic heterocycles. The smallest absolute Gasteiger partial charge is 0.176 e. The SMILES string of the molecule is O=C1C2(c3ccccc3)C[NH+](CCCl)CC1(c1ccccc1)C[NH+](CCCl)C2. The molecule has 148 valence electrons. The molecule has 2 aromatic carbocycles. The Morgan fingerprint density at radius 3 is 1.36 bits per heavy atom. The predicted octanol–water partition coefficient (Wildman–Crippen LogP) is 0.706. The average molecular weight is 419 g/mol. The van der Waals surface area contributed by atoms with E-state index in [0.717, 1.165) is 50.4 Å². The van der Waals surface area contributed by atoms with Crippen molar-refractivity contribution in [3.05, 3.63) is 71.8 Å². The summed E-state index contributed by atoms with van der Waals surface area (Å²) in [5.74, 6) is 1.60. The van der Waals surface area contributed by atoms with Gasteiger partial charge in [-0.15, -0.1) is 23.2 Å². The lowest BCUT2D eigenvalue weighted by Crippen LogP contribution is -3.26. The number of rotatable bonds is 6. The third-order valence-electron chi connectivity index (χ3n) is 6.63. The Balaban J connectivity index is 1.89. The topological polar surface area (TPSA) is 26.0 Å². The molecule has 5 heteroatoms. The number of nitrogens with one attached hydrogen (secondary N) is 2. The number of likely N-dealkylation sites (tertiary alicyclic amines) is 2. The zero-order chi connectivity index (χ0) is 19.6. The second-order valence-corrected chi connectivity index (χ2v) is 9.07. The van der Waals surface area contributed by atoms with Crippen LogP contribution in [-0.4, -0.2) is 56.8 Å². The first-order chi connectivity index (χ1) is 13.6. The molecule has 4 rings (SSSR count). The molecule has 2 bridgehead atoms. The summed E-state index contributed by atoms with van der Waals surface area (Å²) in [5, 5.41) is 0. The highest BCUT2D eigenvalue weighted by Crippen LogP contribution is 2.38. The number of carbonyl (C=O) groups is 1. The van der Waals surface area contributed by atoms with E-state index in [1.54, 1.807) is 0 Å². The van der Waals surface area contributed by atoms with Crippen LogP contribution in [0.1, 0.15) is 11.1 Å². The van der Waals surface area contributed by atoms with E-state index in [2.05, 4.69) is 24.3 Å². The van der Waals surface area contributed by atoms with Crippen molar-refractivity contribution < 1.29 is 14.6 Å². The van der Waals surface area contributed by atoms with Gasteiger partial charge in [0.05, 0.1) is 51.0 Å². The first kappa shape index (κ1) is 19.9. The fraction of sp³-hybridized carbons (Fsp3) is 0.435. The molecule has 2 saturated heterocycles. The molecular formula is C23H28Cl2N2O+2. The summed E-state index contributed by atoms with van der Waals surface area (Å²) in [4.78, 5) is 17.1. The Morgan fingerprint density at radius 2 is 1.04 bits per heavy atom. The summed E-state index contributed by atoms with van der Waals surface area (Å²) in [6.07, 6.45) is 0. The van der Waals surface area contributed by atoms with Crippen molar-refractivity contribution in [2.24, 2.45) is 0 Å². The Bertz CT molecular complexity index is 732. The van der Waals surface area contributed by atoms with Crippen LogP contribution in [0.2, 0.25) is 0 Å². The minimum atomic E-state index is -0.490. The largest absolute Gasteiger partial charge is 0.331 e. The van der Waals surface area contributed by atoms with Crippen molar-refractivity contribution in [2.45, 2.75) is 10.8 Å². The van der Waals surface area contributed by atoms with Crippen LogP contribution in [0.5, 0.6) is 0 Å². The van der Waals surface area contributed by atoms with Crippen molar-refractivity contribution in [1.29, 1.82) is 0 Å². The van der Waals surface area contributed by atoms with E-state index in [1.165, 1.54) is 9.80 Å². The molecule has 0 spiro atoms. The molecular weight excluding hydrogens is 391 g/mol. The molecule has 2 heterocycles. The highest BCUT2D eigenvalue weighted by atomic mass is 35.5. The van der Waals surface area contributed by atoms with Gasteiger partial charge in [-0.2, -0.15) is 0 Å². The number of halogens is 2. The van der Waals surface area contributed by atoms with Gasteiger partial charge in [-0.1, -0.05) is 60.7 Å². The van der Waals surface area contributed by atoms with Gasteiger partial charge in [-0.25, -0.2) is 0 Å². The number of fused-ring (bicyclic) bond motifs is 2. The molecule has 0 aliphatic carbocycles. The van der Waals surface area contributed by atoms with Gasteiger partial charge >= 0.3 is 0 Å². The van der Waals surface area contributed by atoms with Crippen molar-refractivity contribution in [3.8, 4) is 0 Å². The lowest BCUT2D eigenvalue weighted by molar-refractivity contribution is -0.953. The quantitative estimate of drug-likeness (QED) is 0.663. The summed E-state index contributed by atoms with van der Waals surface area (Å²) in [6, 6.07) is 20.7. The number of alkyl halides is 2. The predicted molar refractivity (Wildman–Crippen MR) is 114 cm³/mol. The maximum absolute atomic E-state index is 14.3. The standard InChI is InChI=1S/C23H26Cl2N2O/c24-11-13-26-15-22(19-7-3-1-4-8-19)16-27(14-12-25)18-23(17-26,21(22)28)20-9-5-2-6-10-20/h1-10H,11-18H2/p+2. The number of piperidine rings is 2. The number of ketones is 1. The fourth-order valence-electron chi connectivity index (χ4n) is 5.54. The molecule has 0 radical (unpaired) electrons. The third kappa shape index (κ3) is 3.29. The number of benzene rings is 2. The van der Waals surface area contributed by atoms with Crippen LogP contribution < -0.4 is 9.80 Å². The summed E-state index contributed by atoms with van der Waals surface area (Å²) in [5.41, 5.74) is 1.30.